The van der Waals surface area contributed by atoms with Gasteiger partial charge < -0.3 is 4.74 Å². The average Bonchev–Trinajstić information content (AvgIpc) is 3.14. The van der Waals surface area contributed by atoms with Gasteiger partial charge in [0, 0.05) is 10.9 Å². The Morgan fingerprint density at radius 1 is 1.43 bits per heavy atom. The molecule has 0 aliphatic carbocycles. The van der Waals surface area contributed by atoms with Gasteiger partial charge in [-0.1, -0.05) is 22.9 Å². The number of hydrogen-bond donors (Lipinski definition) is 1. The summed E-state index contributed by atoms with van der Waals surface area (Å²) in [6, 6.07) is 7.72. The maximum Gasteiger partial charge on any atom is 0.250 e. The molecule has 6 nitrogen and oxygen atoms in total. The fourth-order valence-electron chi connectivity index (χ4n) is 2.07. The van der Waals surface area contributed by atoms with Gasteiger partial charge in [0.25, 0.3) is 0 Å². The molecule has 2 aromatic heterocycles. The third kappa shape index (κ3) is 3.23. The largest absolute Gasteiger partial charge is 0.497 e. The lowest BCUT2D eigenvalue weighted by Gasteiger charge is -2.04. The molecule has 0 aliphatic heterocycles. The lowest BCUT2D eigenvalue weighted by molar-refractivity contribution is -0.115. The van der Waals surface area contributed by atoms with Crippen LogP contribution >= 0.6 is 27.3 Å². The maximum atomic E-state index is 11.9. The number of carbonyl (C=O) groups excluding carboxylic acids is 1. The van der Waals surface area contributed by atoms with Gasteiger partial charge in [0.15, 0.2) is 0 Å². The number of rotatable bonds is 5. The van der Waals surface area contributed by atoms with Crippen molar-refractivity contribution in [1.82, 2.24) is 14.6 Å². The number of nitrogens with zero attached hydrogens (tertiary/aromatic N) is 3. The zero-order chi connectivity index (χ0) is 16.4. The molecule has 1 amide bonds. The molecular weight excluding hydrogens is 380 g/mol. The average molecular weight is 395 g/mol. The van der Waals surface area contributed by atoms with E-state index < -0.39 is 0 Å². The fraction of sp³-hybridized carbons (Fsp3) is 0.267. The standard InChI is InChI=1S/C15H15BrN4O2S/c1-3-11(16)13(21)17-14-18-15-20(19-14)12(8-23-15)9-4-6-10(22-2)7-5-9/h4-8,11H,3H2,1-2H3,(H,17,19,21). The van der Waals surface area contributed by atoms with Crippen LogP contribution < -0.4 is 10.1 Å². The van der Waals surface area contributed by atoms with Crippen LogP contribution in [-0.4, -0.2) is 32.4 Å². The Labute approximate surface area is 145 Å². The van der Waals surface area contributed by atoms with Crippen LogP contribution in [0.25, 0.3) is 16.2 Å². The van der Waals surface area contributed by atoms with E-state index in [4.69, 9.17) is 4.74 Å². The monoisotopic (exact) mass is 394 g/mol. The molecular formula is C15H15BrN4O2S. The van der Waals surface area contributed by atoms with Crippen LogP contribution in [0, 0.1) is 0 Å². The first-order valence-electron chi connectivity index (χ1n) is 7.06. The van der Waals surface area contributed by atoms with E-state index in [2.05, 4.69) is 31.3 Å². The first-order valence-corrected chi connectivity index (χ1v) is 8.85. The van der Waals surface area contributed by atoms with E-state index in [-0.39, 0.29) is 10.7 Å². The van der Waals surface area contributed by atoms with Gasteiger partial charge in [0.1, 0.15) is 5.75 Å². The van der Waals surface area contributed by atoms with E-state index in [0.29, 0.717) is 12.4 Å². The summed E-state index contributed by atoms with van der Waals surface area (Å²) in [5.41, 5.74) is 1.93. The van der Waals surface area contributed by atoms with Crippen molar-refractivity contribution in [2.24, 2.45) is 0 Å². The quantitative estimate of drug-likeness (QED) is 0.671. The van der Waals surface area contributed by atoms with Gasteiger partial charge in [-0.15, -0.1) is 16.4 Å². The minimum Gasteiger partial charge on any atom is -0.497 e. The first-order chi connectivity index (χ1) is 11.1. The number of ether oxygens (including phenoxy) is 1. The lowest BCUT2D eigenvalue weighted by atomic mass is 10.2. The van der Waals surface area contributed by atoms with Gasteiger partial charge in [-0.05, 0) is 30.7 Å². The predicted octanol–water partition coefficient (Wildman–Crippen LogP) is 3.58. The molecule has 3 aromatic rings. The maximum absolute atomic E-state index is 11.9. The summed E-state index contributed by atoms with van der Waals surface area (Å²) in [5, 5.41) is 9.09. The highest BCUT2D eigenvalue weighted by Crippen LogP contribution is 2.27. The minimum absolute atomic E-state index is 0.142. The van der Waals surface area contributed by atoms with Crippen molar-refractivity contribution in [3.8, 4) is 17.0 Å². The van der Waals surface area contributed by atoms with E-state index in [1.807, 2.05) is 36.6 Å². The van der Waals surface area contributed by atoms with Crippen LogP contribution in [0.3, 0.4) is 0 Å². The lowest BCUT2D eigenvalue weighted by Crippen LogP contribution is -2.22. The van der Waals surface area contributed by atoms with E-state index >= 15 is 0 Å². The van der Waals surface area contributed by atoms with Crippen molar-refractivity contribution >= 4 is 44.1 Å². The Morgan fingerprint density at radius 2 is 2.17 bits per heavy atom. The van der Waals surface area contributed by atoms with Crippen molar-refractivity contribution < 1.29 is 9.53 Å². The van der Waals surface area contributed by atoms with Gasteiger partial charge in [-0.3, -0.25) is 10.1 Å². The topological polar surface area (TPSA) is 68.5 Å². The fourth-order valence-corrected chi connectivity index (χ4v) is 3.01. The Balaban J connectivity index is 1.89. The normalized spacial score (nSPS) is 12.3. The van der Waals surface area contributed by atoms with Gasteiger partial charge in [0.05, 0.1) is 17.6 Å². The molecule has 0 saturated carbocycles. The summed E-state index contributed by atoms with van der Waals surface area (Å²) in [6.07, 6.45) is 0.700. The molecule has 2 heterocycles. The van der Waals surface area contributed by atoms with Crippen molar-refractivity contribution in [3.05, 3.63) is 29.6 Å². The van der Waals surface area contributed by atoms with Crippen molar-refractivity contribution in [3.63, 3.8) is 0 Å². The molecule has 0 radical (unpaired) electrons. The molecule has 0 spiro atoms. The summed E-state index contributed by atoms with van der Waals surface area (Å²) in [4.78, 5) is 16.7. The van der Waals surface area contributed by atoms with Crippen molar-refractivity contribution in [2.45, 2.75) is 18.2 Å². The minimum atomic E-state index is -0.245. The molecule has 1 unspecified atom stereocenters. The number of alkyl halides is 1. The zero-order valence-corrected chi connectivity index (χ0v) is 15.0. The summed E-state index contributed by atoms with van der Waals surface area (Å²) in [5.74, 6) is 0.973. The number of hydrogen-bond acceptors (Lipinski definition) is 5. The Morgan fingerprint density at radius 3 is 2.83 bits per heavy atom. The molecule has 1 atom stereocenters. The SMILES string of the molecule is CCC(Br)C(=O)Nc1nc2scc(-c3ccc(OC)cc3)n2n1. The third-order valence-corrected chi connectivity index (χ3v) is 5.22. The predicted molar refractivity (Wildman–Crippen MR) is 94.5 cm³/mol. The first kappa shape index (κ1) is 15.9. The molecule has 1 N–H and O–H groups in total. The molecule has 8 heteroatoms. The van der Waals surface area contributed by atoms with Gasteiger partial charge in [0.2, 0.25) is 16.8 Å². The molecule has 0 saturated heterocycles. The number of carbonyl (C=O) groups is 1. The second-order valence-corrected chi connectivity index (χ2v) is 6.79. The van der Waals surface area contributed by atoms with Crippen LogP contribution in [0.2, 0.25) is 0 Å². The summed E-state index contributed by atoms with van der Waals surface area (Å²) < 4.78 is 6.90. The van der Waals surface area contributed by atoms with Crippen LogP contribution in [0.15, 0.2) is 29.6 Å². The number of halogens is 1. The molecule has 3 rings (SSSR count). The number of anilines is 1. The smallest absolute Gasteiger partial charge is 0.250 e. The number of aromatic nitrogens is 3. The number of thiazole rings is 1. The Bertz CT molecular complexity index is 828. The van der Waals surface area contributed by atoms with Crippen LogP contribution in [0.5, 0.6) is 5.75 Å². The third-order valence-electron chi connectivity index (χ3n) is 3.35. The van der Waals surface area contributed by atoms with Crippen LogP contribution in [0.4, 0.5) is 5.95 Å². The van der Waals surface area contributed by atoms with E-state index in [1.165, 1.54) is 11.3 Å². The zero-order valence-electron chi connectivity index (χ0n) is 12.6. The Kier molecular flexibility index (Phi) is 4.63. The molecule has 0 fully saturated rings. The van der Waals surface area contributed by atoms with Gasteiger partial charge in [-0.25, -0.2) is 4.52 Å². The van der Waals surface area contributed by atoms with Crippen LogP contribution in [-0.2, 0) is 4.79 Å². The van der Waals surface area contributed by atoms with E-state index in [1.54, 1.807) is 11.6 Å². The highest BCUT2D eigenvalue weighted by Gasteiger charge is 2.17. The second-order valence-electron chi connectivity index (χ2n) is 4.84. The van der Waals surface area contributed by atoms with E-state index in [0.717, 1.165) is 22.0 Å². The molecule has 1 aromatic carbocycles. The summed E-state index contributed by atoms with van der Waals surface area (Å²) in [6.45, 7) is 1.93. The molecule has 23 heavy (non-hydrogen) atoms. The number of fused-ring (bicyclic) bond motifs is 1. The number of nitrogens with one attached hydrogen (secondary N) is 1. The molecule has 0 bridgehead atoms. The van der Waals surface area contributed by atoms with Crippen LogP contribution in [0.1, 0.15) is 13.3 Å². The second kappa shape index (κ2) is 6.67. The molecule has 120 valence electrons. The van der Waals surface area contributed by atoms with E-state index in [9.17, 15) is 4.79 Å². The van der Waals surface area contributed by atoms with Crippen molar-refractivity contribution in [1.29, 1.82) is 0 Å². The number of amides is 1. The Hall–Kier alpha value is -1.93. The highest BCUT2D eigenvalue weighted by molar-refractivity contribution is 9.10. The highest BCUT2D eigenvalue weighted by atomic mass is 79.9. The number of methoxy groups -OCH3 is 1. The van der Waals surface area contributed by atoms with Gasteiger partial charge in [-0.2, -0.15) is 4.98 Å². The van der Waals surface area contributed by atoms with Crippen molar-refractivity contribution in [2.75, 3.05) is 12.4 Å². The number of benzene rings is 1. The summed E-state index contributed by atoms with van der Waals surface area (Å²) in [7, 11) is 1.64. The summed E-state index contributed by atoms with van der Waals surface area (Å²) >= 11 is 4.79. The molecule has 0 aliphatic rings. The van der Waals surface area contributed by atoms with Gasteiger partial charge >= 0.3 is 0 Å².